The summed E-state index contributed by atoms with van der Waals surface area (Å²) in [6.45, 7) is 0.527. The molecule has 0 saturated heterocycles. The van der Waals surface area contributed by atoms with Crippen LogP contribution in [0.4, 0.5) is 5.69 Å². The maximum atomic E-state index is 11.7. The van der Waals surface area contributed by atoms with Crippen molar-refractivity contribution < 1.29 is 9.53 Å². The van der Waals surface area contributed by atoms with Gasteiger partial charge in [-0.25, -0.2) is 4.79 Å². The molecule has 0 aliphatic rings. The number of ether oxygens (including phenoxy) is 1. The van der Waals surface area contributed by atoms with Crippen molar-refractivity contribution in [2.75, 3.05) is 12.4 Å². The van der Waals surface area contributed by atoms with E-state index in [0.29, 0.717) is 12.1 Å². The zero-order valence-corrected chi connectivity index (χ0v) is 11.2. The van der Waals surface area contributed by atoms with E-state index in [4.69, 9.17) is 11.2 Å². The van der Waals surface area contributed by atoms with Gasteiger partial charge in [0.1, 0.15) is 0 Å². The predicted molar refractivity (Wildman–Crippen MR) is 79.5 cm³/mol. The molecule has 20 heavy (non-hydrogen) atoms. The first-order chi connectivity index (χ1) is 9.74. The Labute approximate surface area is 118 Å². The summed E-state index contributed by atoms with van der Waals surface area (Å²) >= 11 is 0. The topological polar surface area (TPSA) is 38.3 Å². The Morgan fingerprint density at radius 2 is 2.05 bits per heavy atom. The summed E-state index contributed by atoms with van der Waals surface area (Å²) in [5, 5.41) is 3.25. The van der Waals surface area contributed by atoms with Gasteiger partial charge < -0.3 is 10.1 Å². The highest BCUT2D eigenvalue weighted by Gasteiger charge is 2.10. The second-order valence-electron chi connectivity index (χ2n) is 4.23. The van der Waals surface area contributed by atoms with Crippen molar-refractivity contribution in [3.63, 3.8) is 0 Å². The number of carbonyl (C=O) groups is 1. The van der Waals surface area contributed by atoms with Gasteiger partial charge in [-0.05, 0) is 29.8 Å². The van der Waals surface area contributed by atoms with Crippen LogP contribution in [0, 0.1) is 12.3 Å². The fourth-order valence-electron chi connectivity index (χ4n) is 1.90. The first kappa shape index (κ1) is 13.7. The van der Waals surface area contributed by atoms with Crippen LogP contribution in [-0.2, 0) is 11.3 Å². The van der Waals surface area contributed by atoms with Crippen molar-refractivity contribution in [1.29, 1.82) is 0 Å². The molecule has 0 unspecified atom stereocenters. The molecular formula is C17H15NO2. The molecule has 0 aliphatic carbocycles. The summed E-state index contributed by atoms with van der Waals surface area (Å²) in [6.07, 6.45) is 5.37. The van der Waals surface area contributed by atoms with Crippen molar-refractivity contribution in [2.24, 2.45) is 0 Å². The second-order valence-corrected chi connectivity index (χ2v) is 4.23. The van der Waals surface area contributed by atoms with Crippen LogP contribution in [0.2, 0.25) is 0 Å². The Morgan fingerprint density at radius 3 is 2.80 bits per heavy atom. The quantitative estimate of drug-likeness (QED) is 0.682. The third-order valence-electron chi connectivity index (χ3n) is 2.93. The molecule has 2 rings (SSSR count). The molecule has 0 radical (unpaired) electrons. The van der Waals surface area contributed by atoms with Gasteiger partial charge in [0.05, 0.1) is 12.7 Å². The minimum Gasteiger partial charge on any atom is -0.465 e. The van der Waals surface area contributed by atoms with Crippen molar-refractivity contribution in [3.05, 3.63) is 65.2 Å². The number of hydrogen-bond donors (Lipinski definition) is 1. The van der Waals surface area contributed by atoms with E-state index in [1.807, 2.05) is 42.5 Å². The van der Waals surface area contributed by atoms with Crippen LogP contribution >= 0.6 is 0 Å². The maximum Gasteiger partial charge on any atom is 0.338 e. The van der Waals surface area contributed by atoms with Gasteiger partial charge in [-0.15, -0.1) is 6.42 Å². The Hall–Kier alpha value is -2.73. The Kier molecular flexibility index (Phi) is 4.41. The van der Waals surface area contributed by atoms with Crippen molar-refractivity contribution >= 4 is 11.7 Å². The van der Waals surface area contributed by atoms with Crippen LogP contribution in [0.5, 0.6) is 0 Å². The van der Waals surface area contributed by atoms with E-state index < -0.39 is 0 Å². The summed E-state index contributed by atoms with van der Waals surface area (Å²) in [6, 6.07) is 14.9. The number of hydrogen-bond acceptors (Lipinski definition) is 3. The van der Waals surface area contributed by atoms with Crippen molar-refractivity contribution in [1.82, 2.24) is 0 Å². The molecular weight excluding hydrogens is 250 g/mol. The number of methoxy groups -OCH3 is 1. The van der Waals surface area contributed by atoms with E-state index in [0.717, 1.165) is 16.8 Å². The highest BCUT2D eigenvalue weighted by Crippen LogP contribution is 2.14. The van der Waals surface area contributed by atoms with Crippen molar-refractivity contribution in [3.8, 4) is 12.3 Å². The average Bonchev–Trinajstić information content (AvgIpc) is 2.52. The lowest BCUT2D eigenvalue weighted by Crippen LogP contribution is -2.09. The van der Waals surface area contributed by atoms with Crippen LogP contribution in [0.1, 0.15) is 21.5 Å². The number of nitrogens with one attached hydrogen (secondary N) is 1. The molecule has 0 aromatic heterocycles. The molecule has 0 atom stereocenters. The molecule has 3 nitrogen and oxygen atoms in total. The van der Waals surface area contributed by atoms with Crippen LogP contribution in [0.3, 0.4) is 0 Å². The highest BCUT2D eigenvalue weighted by molar-refractivity contribution is 5.91. The third-order valence-corrected chi connectivity index (χ3v) is 2.93. The van der Waals surface area contributed by atoms with E-state index in [1.165, 1.54) is 7.11 Å². The summed E-state index contributed by atoms with van der Waals surface area (Å²) in [5.74, 6) is 2.26. The fourth-order valence-corrected chi connectivity index (χ4v) is 1.90. The Bertz CT molecular complexity index is 656. The highest BCUT2D eigenvalue weighted by atomic mass is 16.5. The average molecular weight is 265 g/mol. The zero-order chi connectivity index (χ0) is 14.4. The summed E-state index contributed by atoms with van der Waals surface area (Å²) < 4.78 is 4.77. The first-order valence-corrected chi connectivity index (χ1v) is 6.21. The Balaban J connectivity index is 2.15. The van der Waals surface area contributed by atoms with Gasteiger partial charge in [0.15, 0.2) is 0 Å². The summed E-state index contributed by atoms with van der Waals surface area (Å²) in [7, 11) is 1.38. The molecule has 0 fully saturated rings. The minimum absolute atomic E-state index is 0.334. The monoisotopic (exact) mass is 265 g/mol. The minimum atomic E-state index is -0.334. The molecule has 3 heteroatoms. The zero-order valence-electron chi connectivity index (χ0n) is 11.2. The molecule has 0 aliphatic heterocycles. The van der Waals surface area contributed by atoms with Gasteiger partial charge in [-0.2, -0.15) is 0 Å². The molecule has 0 heterocycles. The first-order valence-electron chi connectivity index (χ1n) is 6.21. The lowest BCUT2D eigenvalue weighted by molar-refractivity contribution is 0.0599. The van der Waals surface area contributed by atoms with E-state index in [2.05, 4.69) is 11.2 Å². The molecule has 0 amide bonds. The predicted octanol–water partition coefficient (Wildman–Crippen LogP) is 3.07. The maximum absolute atomic E-state index is 11.7. The van der Waals surface area contributed by atoms with E-state index >= 15 is 0 Å². The van der Waals surface area contributed by atoms with Gasteiger partial charge in [0.2, 0.25) is 0 Å². The van der Waals surface area contributed by atoms with Gasteiger partial charge in [-0.3, -0.25) is 0 Å². The molecule has 0 bridgehead atoms. The second kappa shape index (κ2) is 6.44. The molecule has 1 N–H and O–H groups in total. The molecule has 2 aromatic carbocycles. The summed E-state index contributed by atoms with van der Waals surface area (Å²) in [5.41, 5.74) is 3.18. The largest absolute Gasteiger partial charge is 0.465 e. The van der Waals surface area contributed by atoms with E-state index in [1.54, 1.807) is 6.07 Å². The van der Waals surface area contributed by atoms with Crippen molar-refractivity contribution in [2.45, 2.75) is 6.54 Å². The molecule has 2 aromatic rings. The molecule has 100 valence electrons. The lowest BCUT2D eigenvalue weighted by Gasteiger charge is -2.10. The van der Waals surface area contributed by atoms with E-state index in [-0.39, 0.29) is 5.97 Å². The van der Waals surface area contributed by atoms with Gasteiger partial charge in [-0.1, -0.05) is 30.2 Å². The normalized spacial score (nSPS) is 9.60. The van der Waals surface area contributed by atoms with Crippen LogP contribution in [-0.4, -0.2) is 13.1 Å². The number of rotatable bonds is 4. The number of carbonyl (C=O) groups excluding carboxylic acids is 1. The number of benzene rings is 2. The molecule has 0 saturated carbocycles. The Morgan fingerprint density at radius 1 is 1.25 bits per heavy atom. The van der Waals surface area contributed by atoms with Crippen LogP contribution < -0.4 is 5.32 Å². The van der Waals surface area contributed by atoms with Gasteiger partial charge in [0.25, 0.3) is 0 Å². The van der Waals surface area contributed by atoms with Gasteiger partial charge in [0, 0.05) is 17.8 Å². The smallest absolute Gasteiger partial charge is 0.338 e. The molecule has 0 spiro atoms. The lowest BCUT2D eigenvalue weighted by atomic mass is 10.1. The number of esters is 1. The fraction of sp³-hybridized carbons (Fsp3) is 0.118. The van der Waals surface area contributed by atoms with Crippen LogP contribution in [0.25, 0.3) is 0 Å². The number of anilines is 1. The standard InChI is InChI=1S/C17H15NO2/c1-3-13-7-6-9-15(11-13)18-12-14-8-4-5-10-16(14)17(19)20-2/h1,4-11,18H,12H2,2H3. The SMILES string of the molecule is C#Cc1cccc(NCc2ccccc2C(=O)OC)c1. The summed E-state index contributed by atoms with van der Waals surface area (Å²) in [4.78, 5) is 11.7. The van der Waals surface area contributed by atoms with Crippen LogP contribution in [0.15, 0.2) is 48.5 Å². The van der Waals surface area contributed by atoms with Gasteiger partial charge >= 0.3 is 5.97 Å². The third kappa shape index (κ3) is 3.18. The van der Waals surface area contributed by atoms with E-state index in [9.17, 15) is 4.79 Å². The number of terminal acetylenes is 1.